The van der Waals surface area contributed by atoms with E-state index < -0.39 is 0 Å². The van der Waals surface area contributed by atoms with Gasteiger partial charge in [0.1, 0.15) is 5.75 Å². The number of nitrogens with zero attached hydrogens (tertiary/aromatic N) is 5. The lowest BCUT2D eigenvalue weighted by Crippen LogP contribution is -2.38. The number of pyridine rings is 1. The average Bonchev–Trinajstić information content (AvgIpc) is 3.27. The number of anilines is 3. The van der Waals surface area contributed by atoms with E-state index in [0.717, 1.165) is 76.5 Å². The second-order valence-electron chi connectivity index (χ2n) is 9.94. The summed E-state index contributed by atoms with van der Waals surface area (Å²) in [6.45, 7) is 6.05. The normalized spacial score (nSPS) is 15.3. The van der Waals surface area contributed by atoms with E-state index in [1.54, 1.807) is 12.4 Å². The lowest BCUT2D eigenvalue weighted by Gasteiger charge is -2.23. The van der Waals surface area contributed by atoms with E-state index in [4.69, 9.17) is 9.72 Å². The Kier molecular flexibility index (Phi) is 6.81. The molecule has 1 aliphatic heterocycles. The molecule has 3 N–H and O–H groups in total. The number of piperidine rings is 1. The van der Waals surface area contributed by atoms with Crippen molar-refractivity contribution in [3.63, 3.8) is 0 Å². The zero-order valence-corrected chi connectivity index (χ0v) is 22.4. The molecular weight excluding hydrogens is 488 g/mol. The van der Waals surface area contributed by atoms with E-state index in [2.05, 4.69) is 55.3 Å². The molecule has 3 aromatic heterocycles. The zero-order chi connectivity index (χ0) is 26.8. The monoisotopic (exact) mass is 520 g/mol. The van der Waals surface area contributed by atoms with E-state index in [-0.39, 0.29) is 0 Å². The highest BCUT2D eigenvalue weighted by Gasteiger charge is 2.17. The van der Waals surface area contributed by atoms with E-state index in [1.807, 2.05) is 55.9 Å². The molecule has 0 amide bonds. The van der Waals surface area contributed by atoms with Gasteiger partial charge in [-0.25, -0.2) is 15.0 Å². The van der Waals surface area contributed by atoms with Gasteiger partial charge in [-0.1, -0.05) is 24.3 Å². The van der Waals surface area contributed by atoms with E-state index >= 15 is 0 Å². The van der Waals surface area contributed by atoms with Crippen LogP contribution in [0.1, 0.15) is 24.1 Å². The van der Waals surface area contributed by atoms with Crippen molar-refractivity contribution in [3.05, 3.63) is 78.2 Å². The average molecular weight is 521 g/mol. The third-order valence-corrected chi connectivity index (χ3v) is 7.12. The van der Waals surface area contributed by atoms with Crippen LogP contribution in [0, 0.1) is 13.8 Å². The zero-order valence-electron chi connectivity index (χ0n) is 22.4. The van der Waals surface area contributed by atoms with Crippen LogP contribution in [0.15, 0.2) is 67.0 Å². The lowest BCUT2D eigenvalue weighted by molar-refractivity contribution is 0.466. The first kappa shape index (κ1) is 24.8. The Balaban J connectivity index is 1.33. The molecule has 198 valence electrons. The van der Waals surface area contributed by atoms with Crippen molar-refractivity contribution in [3.8, 4) is 22.9 Å². The smallest absolute Gasteiger partial charge is 0.228 e. The minimum atomic E-state index is 0.315. The third kappa shape index (κ3) is 5.26. The highest BCUT2D eigenvalue weighted by atomic mass is 16.5. The number of nitrogens with one attached hydrogen (secondary N) is 3. The Bertz CT molecular complexity index is 1600. The molecule has 1 atom stereocenters. The van der Waals surface area contributed by atoms with Crippen LogP contribution in [-0.4, -0.2) is 43.9 Å². The number of fused-ring (bicyclic) bond motifs is 1. The van der Waals surface area contributed by atoms with Gasteiger partial charge in [-0.2, -0.15) is 5.10 Å². The summed E-state index contributed by atoms with van der Waals surface area (Å²) in [6, 6.07) is 18.4. The summed E-state index contributed by atoms with van der Waals surface area (Å²) in [6.07, 6.45) is 5.75. The molecule has 6 rings (SSSR count). The Morgan fingerprint density at radius 2 is 1.92 bits per heavy atom. The first-order valence-corrected chi connectivity index (χ1v) is 13.3. The molecule has 9 heteroatoms. The highest BCUT2D eigenvalue weighted by Crippen LogP contribution is 2.39. The minimum Gasteiger partial charge on any atom is -0.437 e. The molecule has 5 aromatic rings. The van der Waals surface area contributed by atoms with Crippen LogP contribution in [0.2, 0.25) is 0 Å². The van der Waals surface area contributed by atoms with Crippen molar-refractivity contribution in [1.82, 2.24) is 30.0 Å². The summed E-state index contributed by atoms with van der Waals surface area (Å²) in [5.74, 6) is 2.66. The maximum absolute atomic E-state index is 6.58. The summed E-state index contributed by atoms with van der Waals surface area (Å²) in [7, 11) is 1.94. The van der Waals surface area contributed by atoms with E-state index in [1.165, 1.54) is 0 Å². The SMILES string of the molecule is Cc1ccc2c(Nc3cc(C)n(C)n3)cccc2c1Oc1ncccc1-c1ccnc(NC2CCCNC2)n1. The summed E-state index contributed by atoms with van der Waals surface area (Å²) >= 11 is 0. The van der Waals surface area contributed by atoms with Gasteiger partial charge in [0.15, 0.2) is 5.82 Å². The summed E-state index contributed by atoms with van der Waals surface area (Å²) < 4.78 is 8.43. The second kappa shape index (κ2) is 10.7. The van der Waals surface area contributed by atoms with Crippen molar-refractivity contribution in [2.24, 2.45) is 7.05 Å². The van der Waals surface area contributed by atoms with Gasteiger partial charge in [0.25, 0.3) is 0 Å². The summed E-state index contributed by atoms with van der Waals surface area (Å²) in [5.41, 5.74) is 4.61. The van der Waals surface area contributed by atoms with Gasteiger partial charge >= 0.3 is 0 Å². The van der Waals surface area contributed by atoms with E-state index in [0.29, 0.717) is 17.9 Å². The predicted molar refractivity (Wildman–Crippen MR) is 155 cm³/mol. The van der Waals surface area contributed by atoms with Gasteiger partial charge in [0.2, 0.25) is 11.8 Å². The highest BCUT2D eigenvalue weighted by molar-refractivity contribution is 5.99. The maximum Gasteiger partial charge on any atom is 0.228 e. The molecule has 0 radical (unpaired) electrons. The predicted octanol–water partition coefficient (Wildman–Crippen LogP) is 5.74. The standard InChI is InChI=1S/C30H32N8O/c1-19-11-12-22-23(8-4-10-25(22)35-27-17-20(2)38(3)37-27)28(19)39-29-24(9-6-15-32-29)26-13-16-33-30(36-26)34-21-7-5-14-31-18-21/h4,6,8-13,15-17,21,31H,5,7,14,18H2,1-3H3,(H,35,37)(H,33,34,36). The molecule has 9 nitrogen and oxygen atoms in total. The Morgan fingerprint density at radius 3 is 2.74 bits per heavy atom. The van der Waals surface area contributed by atoms with Gasteiger partial charge < -0.3 is 20.7 Å². The molecule has 1 saturated heterocycles. The van der Waals surface area contributed by atoms with Gasteiger partial charge in [0, 0.05) is 60.2 Å². The van der Waals surface area contributed by atoms with Crippen molar-refractivity contribution in [2.75, 3.05) is 23.7 Å². The van der Waals surface area contributed by atoms with Crippen LogP contribution < -0.4 is 20.7 Å². The largest absolute Gasteiger partial charge is 0.437 e. The molecule has 0 aliphatic carbocycles. The second-order valence-corrected chi connectivity index (χ2v) is 9.94. The maximum atomic E-state index is 6.58. The van der Waals surface area contributed by atoms with Crippen LogP contribution in [0.4, 0.5) is 17.5 Å². The van der Waals surface area contributed by atoms with Crippen LogP contribution in [0.25, 0.3) is 22.0 Å². The molecule has 0 bridgehead atoms. The lowest BCUT2D eigenvalue weighted by atomic mass is 10.0. The Labute approximate surface area is 227 Å². The van der Waals surface area contributed by atoms with Crippen molar-refractivity contribution in [2.45, 2.75) is 32.7 Å². The molecule has 1 aliphatic rings. The fourth-order valence-corrected chi connectivity index (χ4v) is 4.94. The fraction of sp³-hybridized carbons (Fsp3) is 0.267. The summed E-state index contributed by atoms with van der Waals surface area (Å²) in [5, 5.41) is 16.9. The number of hydrogen-bond donors (Lipinski definition) is 3. The van der Waals surface area contributed by atoms with Gasteiger partial charge in [-0.05, 0) is 63.1 Å². The molecule has 1 fully saturated rings. The number of hydrogen-bond acceptors (Lipinski definition) is 8. The quantitative estimate of drug-likeness (QED) is 0.250. The Hall–Kier alpha value is -4.50. The Morgan fingerprint density at radius 1 is 1.00 bits per heavy atom. The number of aryl methyl sites for hydroxylation is 3. The number of aromatic nitrogens is 5. The van der Waals surface area contributed by atoms with Gasteiger partial charge in [0.05, 0.1) is 11.3 Å². The third-order valence-electron chi connectivity index (χ3n) is 7.12. The molecule has 0 spiro atoms. The van der Waals surface area contributed by atoms with E-state index in [9.17, 15) is 0 Å². The number of rotatable bonds is 7. The minimum absolute atomic E-state index is 0.315. The van der Waals surface area contributed by atoms with Crippen molar-refractivity contribution < 1.29 is 4.74 Å². The van der Waals surface area contributed by atoms with Crippen LogP contribution in [-0.2, 0) is 7.05 Å². The molecule has 4 heterocycles. The van der Waals surface area contributed by atoms with Gasteiger partial charge in [-0.3, -0.25) is 4.68 Å². The molecule has 39 heavy (non-hydrogen) atoms. The van der Waals surface area contributed by atoms with Gasteiger partial charge in [-0.15, -0.1) is 0 Å². The van der Waals surface area contributed by atoms with Crippen LogP contribution >= 0.6 is 0 Å². The molecule has 2 aromatic carbocycles. The molecule has 1 unspecified atom stereocenters. The van der Waals surface area contributed by atoms with Crippen molar-refractivity contribution in [1.29, 1.82) is 0 Å². The van der Waals surface area contributed by atoms with Crippen LogP contribution in [0.3, 0.4) is 0 Å². The molecule has 0 saturated carbocycles. The number of ether oxygens (including phenoxy) is 1. The first-order chi connectivity index (χ1) is 19.0. The van der Waals surface area contributed by atoms with Crippen LogP contribution in [0.5, 0.6) is 11.6 Å². The summed E-state index contributed by atoms with van der Waals surface area (Å²) in [4.78, 5) is 13.9. The molecular formula is C30H32N8O. The first-order valence-electron chi connectivity index (χ1n) is 13.3. The fourth-order valence-electron chi connectivity index (χ4n) is 4.94. The topological polar surface area (TPSA) is 102 Å². The van der Waals surface area contributed by atoms with Crippen molar-refractivity contribution >= 4 is 28.2 Å². The number of benzene rings is 2.